The molecule has 3 heterocycles. The van der Waals surface area contributed by atoms with E-state index in [-0.39, 0.29) is 65.6 Å². The van der Waals surface area contributed by atoms with Crippen molar-refractivity contribution in [2.75, 3.05) is 31.5 Å². The fourth-order valence-corrected chi connectivity index (χ4v) is 7.45. The molecule has 6 rings (SSSR count). The van der Waals surface area contributed by atoms with E-state index in [9.17, 15) is 39.0 Å². The standard InChI is InChI=1S/C43H49FN10O8/c1-5-7-36(41(60)47-23-55)53(24-56)22-31-26(4)8-6-9-33(31)48-40(59)34-19-46-35(20-45-34)42(61)52-14-12-51(13-15-52)21-27-10-11-28(16-32(27)44)54-39(49-50-43(54)62)30-17-29(25(2)3)37(57)18-38(30)58/h6,8-11,16-20,23-25,34,36,45,57-58H,5,7,12-15,21-22H2,1-4H3,(H,48,59)(H,50,62)(H,47,55,60). The minimum atomic E-state index is -0.928. The summed E-state index contributed by atoms with van der Waals surface area (Å²) in [5, 5.41) is 35.2. The van der Waals surface area contributed by atoms with Gasteiger partial charge in [0, 0.05) is 69.0 Å². The van der Waals surface area contributed by atoms with Crippen molar-refractivity contribution in [1.82, 2.24) is 40.1 Å². The molecule has 1 saturated heterocycles. The first-order valence-electron chi connectivity index (χ1n) is 20.1. The van der Waals surface area contributed by atoms with Gasteiger partial charge in [0.15, 0.2) is 5.82 Å². The number of aromatic amines is 1. The average molecular weight is 853 g/mol. The number of piperazine rings is 1. The van der Waals surface area contributed by atoms with E-state index in [0.717, 1.165) is 10.1 Å². The molecule has 5 amide bonds. The number of nitrogens with one attached hydrogen (secondary N) is 4. The summed E-state index contributed by atoms with van der Waals surface area (Å²) in [6.45, 7) is 9.17. The molecule has 18 nitrogen and oxygen atoms in total. The molecule has 2 unspecified atom stereocenters. The Labute approximate surface area is 356 Å². The number of anilines is 1. The van der Waals surface area contributed by atoms with Crippen molar-refractivity contribution in [2.24, 2.45) is 4.99 Å². The molecule has 0 bridgehead atoms. The molecule has 2 aliphatic rings. The fraction of sp³-hybridized carbons (Fsp3) is 0.349. The minimum absolute atomic E-state index is 0.00753. The molecule has 62 heavy (non-hydrogen) atoms. The maximum atomic E-state index is 15.6. The molecule has 4 aromatic rings. The Kier molecular flexibility index (Phi) is 14.0. The predicted octanol–water partition coefficient (Wildman–Crippen LogP) is 2.78. The number of phenolic OH excluding ortho intramolecular Hbond substituents is 2. The SMILES string of the molecule is CCCC(C(=O)NC=O)N(C=O)Cc1c(C)cccc1NC(=O)C1C=NC(C(=O)N2CCN(Cc3ccc(-n4c(-c5cc(C(C)C)c(O)cc5O)n[nH]c4=O)cc3F)CC2)=CN1. The highest BCUT2D eigenvalue weighted by Gasteiger charge is 2.29. The van der Waals surface area contributed by atoms with Crippen molar-refractivity contribution in [3.05, 3.63) is 99.0 Å². The molecular formula is C43H49FN10O8. The maximum Gasteiger partial charge on any atom is 0.348 e. The van der Waals surface area contributed by atoms with E-state index < -0.39 is 35.4 Å². The highest BCUT2D eigenvalue weighted by Crippen LogP contribution is 2.37. The molecule has 0 aliphatic carbocycles. The van der Waals surface area contributed by atoms with Gasteiger partial charge in [0.25, 0.3) is 11.8 Å². The lowest BCUT2D eigenvalue weighted by molar-refractivity contribution is -0.135. The van der Waals surface area contributed by atoms with Crippen LogP contribution in [0.15, 0.2) is 70.2 Å². The molecule has 19 heteroatoms. The van der Waals surface area contributed by atoms with E-state index in [1.54, 1.807) is 35.2 Å². The van der Waals surface area contributed by atoms with Crippen LogP contribution < -0.4 is 21.6 Å². The number of nitrogens with zero attached hydrogens (tertiary/aromatic N) is 6. The number of aromatic hydroxyl groups is 2. The molecular weight excluding hydrogens is 804 g/mol. The minimum Gasteiger partial charge on any atom is -0.508 e. The van der Waals surface area contributed by atoms with Crippen LogP contribution in [0.25, 0.3) is 17.1 Å². The quantitative estimate of drug-likeness (QED) is 0.0898. The molecule has 0 radical (unpaired) electrons. The summed E-state index contributed by atoms with van der Waals surface area (Å²) in [6.07, 6.45) is 4.43. The largest absolute Gasteiger partial charge is 0.508 e. The molecule has 2 aliphatic heterocycles. The number of carbonyl (C=O) groups is 5. The van der Waals surface area contributed by atoms with Crippen LogP contribution in [0, 0.1) is 12.7 Å². The maximum absolute atomic E-state index is 15.6. The number of rotatable bonds is 16. The molecule has 0 spiro atoms. The molecule has 3 aromatic carbocycles. The second-order valence-electron chi connectivity index (χ2n) is 15.4. The Balaban J connectivity index is 1.04. The highest BCUT2D eigenvalue weighted by molar-refractivity contribution is 6.08. The first kappa shape index (κ1) is 44.4. The number of hydrogen-bond acceptors (Lipinski definition) is 12. The van der Waals surface area contributed by atoms with E-state index in [2.05, 4.69) is 31.1 Å². The summed E-state index contributed by atoms with van der Waals surface area (Å²) in [6, 6.07) is 10.5. The zero-order valence-corrected chi connectivity index (χ0v) is 34.7. The summed E-state index contributed by atoms with van der Waals surface area (Å²) in [5.74, 6) is -2.43. The van der Waals surface area contributed by atoms with Crippen molar-refractivity contribution >= 4 is 42.4 Å². The molecule has 6 N–H and O–H groups in total. The van der Waals surface area contributed by atoms with Crippen molar-refractivity contribution < 1.29 is 38.6 Å². The number of imide groups is 1. The lowest BCUT2D eigenvalue weighted by Crippen LogP contribution is -2.49. The van der Waals surface area contributed by atoms with Gasteiger partial charge in [0.05, 0.1) is 11.3 Å². The van der Waals surface area contributed by atoms with Crippen molar-refractivity contribution in [3.63, 3.8) is 0 Å². The third-order valence-corrected chi connectivity index (χ3v) is 10.9. The van der Waals surface area contributed by atoms with E-state index in [4.69, 9.17) is 0 Å². The van der Waals surface area contributed by atoms with Gasteiger partial charge in [-0.15, -0.1) is 0 Å². The van der Waals surface area contributed by atoms with E-state index >= 15 is 4.39 Å². The van der Waals surface area contributed by atoms with Crippen molar-refractivity contribution in [1.29, 1.82) is 0 Å². The number of halogens is 1. The number of hydrogen-bond donors (Lipinski definition) is 6. The van der Waals surface area contributed by atoms with Crippen LogP contribution in [0.4, 0.5) is 10.1 Å². The van der Waals surface area contributed by atoms with Crippen LogP contribution in [0.2, 0.25) is 0 Å². The smallest absolute Gasteiger partial charge is 0.348 e. The first-order valence-corrected chi connectivity index (χ1v) is 20.1. The first-order chi connectivity index (χ1) is 29.7. The molecule has 326 valence electrons. The van der Waals surface area contributed by atoms with Gasteiger partial charge in [-0.05, 0) is 60.2 Å². The Bertz CT molecular complexity index is 2470. The van der Waals surface area contributed by atoms with Gasteiger partial charge in [-0.25, -0.2) is 18.9 Å². The number of aromatic nitrogens is 3. The lowest BCUT2D eigenvalue weighted by atomic mass is 9.98. The second kappa shape index (κ2) is 19.5. The summed E-state index contributed by atoms with van der Waals surface area (Å²) in [7, 11) is 0. The van der Waals surface area contributed by atoms with Crippen LogP contribution in [-0.4, -0.2) is 115 Å². The van der Waals surface area contributed by atoms with Crippen LogP contribution in [0.5, 0.6) is 11.5 Å². The van der Waals surface area contributed by atoms with Crippen molar-refractivity contribution in [2.45, 2.75) is 71.6 Å². The second-order valence-corrected chi connectivity index (χ2v) is 15.4. The zero-order chi connectivity index (χ0) is 44.7. The Morgan fingerprint density at radius 3 is 2.45 bits per heavy atom. The normalized spacial score (nSPS) is 15.7. The van der Waals surface area contributed by atoms with Crippen LogP contribution >= 0.6 is 0 Å². The van der Waals surface area contributed by atoms with Gasteiger partial charge in [0.1, 0.15) is 35.1 Å². The average Bonchev–Trinajstić information content (AvgIpc) is 3.64. The number of aliphatic imine (C=N–C) groups is 1. The Morgan fingerprint density at radius 2 is 1.81 bits per heavy atom. The van der Waals surface area contributed by atoms with E-state index in [0.29, 0.717) is 67.8 Å². The third-order valence-electron chi connectivity index (χ3n) is 10.9. The third kappa shape index (κ3) is 9.73. The van der Waals surface area contributed by atoms with E-state index in [1.807, 2.05) is 38.7 Å². The Hall–Kier alpha value is -7.15. The Morgan fingerprint density at radius 1 is 1.05 bits per heavy atom. The van der Waals surface area contributed by atoms with Gasteiger partial charge >= 0.3 is 5.69 Å². The molecule has 2 atom stereocenters. The number of H-pyrrole nitrogens is 1. The van der Waals surface area contributed by atoms with Gasteiger partial charge < -0.3 is 30.6 Å². The number of carbonyl (C=O) groups excluding carboxylic acids is 5. The monoisotopic (exact) mass is 852 g/mol. The zero-order valence-electron chi connectivity index (χ0n) is 34.7. The van der Waals surface area contributed by atoms with Crippen LogP contribution in [0.1, 0.15) is 61.8 Å². The van der Waals surface area contributed by atoms with Crippen LogP contribution in [-0.2, 0) is 37.1 Å². The fourth-order valence-electron chi connectivity index (χ4n) is 7.45. The summed E-state index contributed by atoms with van der Waals surface area (Å²) in [5.41, 5.74) is 2.52. The molecule has 1 aromatic heterocycles. The van der Waals surface area contributed by atoms with Gasteiger partial charge in [-0.3, -0.25) is 39.2 Å². The summed E-state index contributed by atoms with van der Waals surface area (Å²) < 4.78 is 16.8. The molecule has 0 saturated carbocycles. The summed E-state index contributed by atoms with van der Waals surface area (Å²) >= 11 is 0. The number of amides is 5. The number of aryl methyl sites for hydroxylation is 1. The molecule has 1 fully saturated rings. The summed E-state index contributed by atoms with van der Waals surface area (Å²) in [4.78, 5) is 84.5. The van der Waals surface area contributed by atoms with Gasteiger partial charge in [0.2, 0.25) is 18.7 Å². The van der Waals surface area contributed by atoms with E-state index in [1.165, 1.54) is 29.4 Å². The number of phenols is 2. The van der Waals surface area contributed by atoms with Gasteiger partial charge in [-0.2, -0.15) is 5.10 Å². The predicted molar refractivity (Wildman–Crippen MR) is 227 cm³/mol. The van der Waals surface area contributed by atoms with Gasteiger partial charge in [-0.1, -0.05) is 45.4 Å². The van der Waals surface area contributed by atoms with Crippen molar-refractivity contribution in [3.8, 4) is 28.6 Å². The number of benzene rings is 3. The topological polar surface area (TPSA) is 235 Å². The van der Waals surface area contributed by atoms with Crippen LogP contribution in [0.3, 0.4) is 0 Å². The highest BCUT2D eigenvalue weighted by atomic mass is 19.1. The lowest BCUT2D eigenvalue weighted by Gasteiger charge is -2.35.